The van der Waals surface area contributed by atoms with Crippen LogP contribution in [0.4, 0.5) is 0 Å². The van der Waals surface area contributed by atoms with Crippen molar-refractivity contribution >= 4 is 28.3 Å². The van der Waals surface area contributed by atoms with E-state index in [1.165, 1.54) is 30.4 Å². The minimum absolute atomic E-state index is 0.365. The van der Waals surface area contributed by atoms with Gasteiger partial charge in [0.15, 0.2) is 5.17 Å². The molecule has 0 saturated carbocycles. The molecule has 0 spiro atoms. The predicted octanol–water partition coefficient (Wildman–Crippen LogP) is 4.56. The summed E-state index contributed by atoms with van der Waals surface area (Å²) in [5, 5.41) is 6.93. The van der Waals surface area contributed by atoms with Crippen LogP contribution in [0.2, 0.25) is 0 Å². The second-order valence-electron chi connectivity index (χ2n) is 5.56. The molecule has 0 radical (unpaired) electrons. The van der Waals surface area contributed by atoms with Crippen molar-refractivity contribution in [1.29, 1.82) is 0 Å². The summed E-state index contributed by atoms with van der Waals surface area (Å²) in [5.74, 6) is 1.08. The second-order valence-corrected chi connectivity index (χ2v) is 7.57. The van der Waals surface area contributed by atoms with Gasteiger partial charge in [0.25, 0.3) is 0 Å². The second kappa shape index (κ2) is 5.85. The van der Waals surface area contributed by atoms with Crippen molar-refractivity contribution in [3.05, 3.63) is 57.8 Å². The summed E-state index contributed by atoms with van der Waals surface area (Å²) in [6, 6.07) is 13.7. The average Bonchev–Trinajstić information content (AvgIpc) is 3.17. The molecule has 1 aliphatic heterocycles. The van der Waals surface area contributed by atoms with Crippen LogP contribution in [0, 0.1) is 0 Å². The molecule has 1 aromatic heterocycles. The van der Waals surface area contributed by atoms with Crippen LogP contribution in [0.3, 0.4) is 0 Å². The molecule has 4 rings (SSSR count). The summed E-state index contributed by atoms with van der Waals surface area (Å²) in [6.07, 6.45) is 3.69. The third-order valence-electron chi connectivity index (χ3n) is 4.18. The molecule has 2 nitrogen and oxygen atoms in total. The number of aryl methyl sites for hydroxylation is 1. The van der Waals surface area contributed by atoms with Gasteiger partial charge >= 0.3 is 0 Å². The van der Waals surface area contributed by atoms with E-state index in [1.807, 2.05) is 23.1 Å². The van der Waals surface area contributed by atoms with Gasteiger partial charge in [0.1, 0.15) is 0 Å². The molecule has 2 unspecified atom stereocenters. The van der Waals surface area contributed by atoms with E-state index in [-0.39, 0.29) is 0 Å². The summed E-state index contributed by atoms with van der Waals surface area (Å²) in [6.45, 7) is 0. The van der Waals surface area contributed by atoms with E-state index in [0.717, 1.165) is 10.9 Å². The van der Waals surface area contributed by atoms with Gasteiger partial charge in [0, 0.05) is 10.6 Å². The summed E-state index contributed by atoms with van der Waals surface area (Å²) in [5.41, 5.74) is 2.82. The highest BCUT2D eigenvalue weighted by atomic mass is 32.2. The molecule has 0 amide bonds. The minimum atomic E-state index is 0.365. The number of fused-ring (bicyclic) bond motifs is 1. The number of nitrogens with one attached hydrogen (secondary N) is 1. The van der Waals surface area contributed by atoms with Crippen LogP contribution in [0.1, 0.15) is 40.9 Å². The summed E-state index contributed by atoms with van der Waals surface area (Å²) in [7, 11) is 0. The predicted molar refractivity (Wildman–Crippen MR) is 92.2 cm³/mol. The molecular weight excluding hydrogens is 296 g/mol. The summed E-state index contributed by atoms with van der Waals surface area (Å²) < 4.78 is 0. The monoisotopic (exact) mass is 314 g/mol. The number of hydrogen-bond donors (Lipinski definition) is 1. The molecule has 1 saturated heterocycles. The van der Waals surface area contributed by atoms with E-state index in [4.69, 9.17) is 4.99 Å². The van der Waals surface area contributed by atoms with E-state index < -0.39 is 0 Å². The molecule has 2 heterocycles. The Hall–Kier alpha value is -1.26. The lowest BCUT2D eigenvalue weighted by Crippen LogP contribution is -2.20. The van der Waals surface area contributed by atoms with Crippen LogP contribution in [-0.4, -0.2) is 10.9 Å². The lowest BCUT2D eigenvalue weighted by Gasteiger charge is -2.19. The maximum Gasteiger partial charge on any atom is 0.157 e. The zero-order valence-corrected chi connectivity index (χ0v) is 13.4. The van der Waals surface area contributed by atoms with E-state index in [1.54, 1.807) is 4.88 Å². The van der Waals surface area contributed by atoms with Gasteiger partial charge < -0.3 is 5.32 Å². The van der Waals surface area contributed by atoms with Crippen molar-refractivity contribution in [2.75, 3.05) is 5.75 Å². The Morgan fingerprint density at radius 1 is 1.14 bits per heavy atom. The van der Waals surface area contributed by atoms with Gasteiger partial charge in [0.05, 0.1) is 12.1 Å². The lowest BCUT2D eigenvalue weighted by atomic mass is 9.95. The first-order valence-electron chi connectivity index (χ1n) is 7.48. The molecule has 21 heavy (non-hydrogen) atoms. The molecule has 0 bridgehead atoms. The highest BCUT2D eigenvalue weighted by molar-refractivity contribution is 8.14. The van der Waals surface area contributed by atoms with Gasteiger partial charge in [-0.1, -0.05) is 42.1 Å². The van der Waals surface area contributed by atoms with Gasteiger partial charge in [-0.05, 0) is 41.8 Å². The third kappa shape index (κ3) is 2.74. The Morgan fingerprint density at radius 3 is 2.95 bits per heavy atom. The SMILES string of the molecule is c1ccc(C2CSC(=NC3CCCc4sccc43)N2)cc1. The highest BCUT2D eigenvalue weighted by Gasteiger charge is 2.25. The Labute approximate surface area is 133 Å². The van der Waals surface area contributed by atoms with E-state index in [0.29, 0.717) is 12.1 Å². The van der Waals surface area contributed by atoms with Crippen LogP contribution < -0.4 is 5.32 Å². The lowest BCUT2D eigenvalue weighted by molar-refractivity contribution is 0.578. The smallest absolute Gasteiger partial charge is 0.157 e. The van der Waals surface area contributed by atoms with E-state index >= 15 is 0 Å². The molecule has 108 valence electrons. The molecular formula is C17H18N2S2. The van der Waals surface area contributed by atoms with Crippen molar-refractivity contribution in [2.45, 2.75) is 31.3 Å². The van der Waals surface area contributed by atoms with E-state index in [2.05, 4.69) is 47.1 Å². The van der Waals surface area contributed by atoms with Crippen molar-refractivity contribution in [1.82, 2.24) is 5.32 Å². The normalized spacial score (nSPS) is 26.6. The van der Waals surface area contributed by atoms with Crippen LogP contribution in [0.25, 0.3) is 0 Å². The molecule has 2 atom stereocenters. The Bertz CT molecular complexity index is 648. The van der Waals surface area contributed by atoms with Gasteiger partial charge in [-0.2, -0.15) is 0 Å². The summed E-state index contributed by atoms with van der Waals surface area (Å²) in [4.78, 5) is 6.54. The average molecular weight is 314 g/mol. The Morgan fingerprint density at radius 2 is 2.05 bits per heavy atom. The quantitative estimate of drug-likeness (QED) is 0.879. The van der Waals surface area contributed by atoms with Crippen LogP contribution >= 0.6 is 23.1 Å². The molecule has 1 aliphatic carbocycles. The minimum Gasteiger partial charge on any atom is -0.357 e. The third-order valence-corrected chi connectivity index (χ3v) is 6.17. The zero-order chi connectivity index (χ0) is 14.1. The fourth-order valence-electron chi connectivity index (χ4n) is 3.07. The van der Waals surface area contributed by atoms with Gasteiger partial charge in [-0.3, -0.25) is 4.99 Å². The first-order chi connectivity index (χ1) is 10.4. The van der Waals surface area contributed by atoms with E-state index in [9.17, 15) is 0 Å². The molecule has 2 aliphatic rings. The standard InChI is InChI=1S/C17H18N2S2/c1-2-5-12(6-3-1)15-11-21-17(19-15)18-14-7-4-8-16-13(14)9-10-20-16/h1-3,5-6,9-10,14-15H,4,7-8,11H2,(H,18,19). The number of thioether (sulfide) groups is 1. The number of rotatable bonds is 2. The van der Waals surface area contributed by atoms with Gasteiger partial charge in [0.2, 0.25) is 0 Å². The Balaban J connectivity index is 1.52. The molecule has 2 aromatic rings. The van der Waals surface area contributed by atoms with Crippen molar-refractivity contribution in [3.8, 4) is 0 Å². The highest BCUT2D eigenvalue weighted by Crippen LogP contribution is 2.37. The van der Waals surface area contributed by atoms with Crippen LogP contribution in [-0.2, 0) is 6.42 Å². The van der Waals surface area contributed by atoms with Gasteiger partial charge in [-0.15, -0.1) is 11.3 Å². The van der Waals surface area contributed by atoms with Crippen molar-refractivity contribution in [3.63, 3.8) is 0 Å². The maximum absolute atomic E-state index is 5.00. The first kappa shape index (κ1) is 13.4. The van der Waals surface area contributed by atoms with Crippen molar-refractivity contribution < 1.29 is 0 Å². The first-order valence-corrected chi connectivity index (χ1v) is 9.35. The number of thiophene rings is 1. The summed E-state index contributed by atoms with van der Waals surface area (Å²) >= 11 is 3.75. The number of aliphatic imine (C=N–C) groups is 1. The fraction of sp³-hybridized carbons (Fsp3) is 0.353. The van der Waals surface area contributed by atoms with Crippen LogP contribution in [0.15, 0.2) is 46.8 Å². The zero-order valence-electron chi connectivity index (χ0n) is 11.8. The number of hydrogen-bond acceptors (Lipinski definition) is 3. The number of amidine groups is 1. The molecule has 1 fully saturated rings. The topological polar surface area (TPSA) is 24.4 Å². The molecule has 1 N–H and O–H groups in total. The largest absolute Gasteiger partial charge is 0.357 e. The maximum atomic E-state index is 5.00. The number of benzene rings is 1. The van der Waals surface area contributed by atoms with Gasteiger partial charge in [-0.25, -0.2) is 0 Å². The van der Waals surface area contributed by atoms with Crippen LogP contribution in [0.5, 0.6) is 0 Å². The van der Waals surface area contributed by atoms with Crippen molar-refractivity contribution in [2.24, 2.45) is 4.99 Å². The Kier molecular flexibility index (Phi) is 3.74. The molecule has 4 heteroatoms. The fourth-order valence-corrected chi connectivity index (χ4v) is 5.08. The molecule has 1 aromatic carbocycles. The number of nitrogens with zero attached hydrogens (tertiary/aromatic N) is 1.